The molecule has 0 aliphatic carbocycles. The first-order valence-corrected chi connectivity index (χ1v) is 26.6. The van der Waals surface area contributed by atoms with Crippen molar-refractivity contribution in [1.82, 2.24) is 4.90 Å². The Kier molecular flexibility index (Phi) is 43.2. The van der Waals surface area contributed by atoms with E-state index in [0.29, 0.717) is 71.3 Å². The molecule has 0 heterocycles. The van der Waals surface area contributed by atoms with Gasteiger partial charge in [-0.2, -0.15) is 0 Å². The highest BCUT2D eigenvalue weighted by Gasteiger charge is 2.38. The molecule has 0 bridgehead atoms. The highest BCUT2D eigenvalue weighted by molar-refractivity contribution is 5.72. The standard InChI is InChI=1S/C53H95NO14/c1-6-9-12-15-18-27-39-62-46(55)31-21-24-34-49(58)65-42-53(45-68-52(61)37-30-38-54(4)5,43-66-50(59)35-25-22-32-47(56)63-40-28-19-16-13-10-7-2)44-67-51(60)36-26-23-33-48(57)64-41-29-20-17-14-11-8-3/h6-45H2,1-5H3. The number of rotatable bonds is 48. The quantitative estimate of drug-likeness (QED) is 0.0318. The average Bonchev–Trinajstić information content (AvgIpc) is 3.31. The molecule has 0 fully saturated rings. The third-order valence-electron chi connectivity index (χ3n) is 11.5. The first-order chi connectivity index (χ1) is 32.9. The van der Waals surface area contributed by atoms with E-state index in [1.54, 1.807) is 0 Å². The maximum absolute atomic E-state index is 13.1. The van der Waals surface area contributed by atoms with Crippen LogP contribution in [-0.4, -0.2) is 114 Å². The van der Waals surface area contributed by atoms with Crippen molar-refractivity contribution in [2.45, 2.75) is 226 Å². The maximum atomic E-state index is 13.1. The summed E-state index contributed by atoms with van der Waals surface area (Å²) >= 11 is 0. The molecule has 0 radical (unpaired) electrons. The van der Waals surface area contributed by atoms with Crippen LogP contribution in [0.5, 0.6) is 0 Å². The molecule has 0 aliphatic rings. The molecule has 0 saturated heterocycles. The van der Waals surface area contributed by atoms with E-state index >= 15 is 0 Å². The van der Waals surface area contributed by atoms with Gasteiger partial charge in [0, 0.05) is 44.9 Å². The molecule has 0 rings (SSSR count). The molecule has 15 heteroatoms. The third-order valence-corrected chi connectivity index (χ3v) is 11.5. The molecule has 68 heavy (non-hydrogen) atoms. The molecule has 0 saturated carbocycles. The van der Waals surface area contributed by atoms with E-state index in [1.165, 1.54) is 57.8 Å². The lowest BCUT2D eigenvalue weighted by Gasteiger charge is -2.31. The Labute approximate surface area is 410 Å². The number of hydrogen-bond donors (Lipinski definition) is 0. The monoisotopic (exact) mass is 970 g/mol. The number of carbonyl (C=O) groups is 7. The summed E-state index contributed by atoms with van der Waals surface area (Å²) in [5.41, 5.74) is -1.45. The highest BCUT2D eigenvalue weighted by atomic mass is 16.6. The zero-order valence-electron chi connectivity index (χ0n) is 43.4. The van der Waals surface area contributed by atoms with Crippen molar-refractivity contribution < 1.29 is 66.7 Å². The van der Waals surface area contributed by atoms with Crippen LogP contribution in [0.4, 0.5) is 0 Å². The maximum Gasteiger partial charge on any atom is 0.305 e. The molecule has 0 N–H and O–H groups in total. The predicted molar refractivity (Wildman–Crippen MR) is 262 cm³/mol. The van der Waals surface area contributed by atoms with Gasteiger partial charge in [0.15, 0.2) is 0 Å². The molecule has 0 unspecified atom stereocenters. The van der Waals surface area contributed by atoms with Crippen molar-refractivity contribution in [3.8, 4) is 0 Å². The SMILES string of the molecule is CCCCCCCCOC(=O)CCCCC(=O)OCC(COC(=O)CCCCC(=O)OCCCCCCCC)(COC(=O)CCCCC(=O)OCCCCCCCC)COC(=O)CCCN(C)C. The minimum absolute atomic E-state index is 0.00647. The smallest absolute Gasteiger partial charge is 0.305 e. The van der Waals surface area contributed by atoms with Crippen LogP contribution in [0, 0.1) is 5.41 Å². The van der Waals surface area contributed by atoms with E-state index in [-0.39, 0.29) is 69.5 Å². The van der Waals surface area contributed by atoms with Gasteiger partial charge in [-0.05, 0) is 84.8 Å². The molecule has 0 aromatic heterocycles. The van der Waals surface area contributed by atoms with Crippen LogP contribution in [0.15, 0.2) is 0 Å². The molecule has 0 aromatic rings. The highest BCUT2D eigenvalue weighted by Crippen LogP contribution is 2.24. The van der Waals surface area contributed by atoms with Crippen LogP contribution in [-0.2, 0) is 66.7 Å². The van der Waals surface area contributed by atoms with Crippen molar-refractivity contribution in [2.24, 2.45) is 5.41 Å². The Bertz CT molecular complexity index is 1190. The fourth-order valence-electron chi connectivity index (χ4n) is 7.05. The molecular formula is C53H95NO14. The van der Waals surface area contributed by atoms with Crippen molar-refractivity contribution in [3.63, 3.8) is 0 Å². The largest absolute Gasteiger partial charge is 0.466 e. The molecular weight excluding hydrogens is 875 g/mol. The van der Waals surface area contributed by atoms with E-state index in [4.69, 9.17) is 33.2 Å². The second-order valence-electron chi connectivity index (χ2n) is 18.6. The third kappa shape index (κ3) is 42.4. The Morgan fingerprint density at radius 1 is 0.294 bits per heavy atom. The lowest BCUT2D eigenvalue weighted by Crippen LogP contribution is -2.44. The van der Waals surface area contributed by atoms with Crippen LogP contribution in [0.25, 0.3) is 0 Å². The van der Waals surface area contributed by atoms with Crippen LogP contribution < -0.4 is 0 Å². The van der Waals surface area contributed by atoms with Crippen LogP contribution >= 0.6 is 0 Å². The topological polar surface area (TPSA) is 187 Å². The van der Waals surface area contributed by atoms with Crippen molar-refractivity contribution in [2.75, 3.05) is 66.9 Å². The summed E-state index contributed by atoms with van der Waals surface area (Å²) in [5, 5.41) is 0. The number of esters is 7. The Hall–Kier alpha value is -3.75. The van der Waals surface area contributed by atoms with Crippen LogP contribution in [0.2, 0.25) is 0 Å². The lowest BCUT2D eigenvalue weighted by atomic mass is 9.92. The Morgan fingerprint density at radius 3 is 0.765 bits per heavy atom. The summed E-state index contributed by atoms with van der Waals surface area (Å²) in [5.74, 6) is -3.21. The van der Waals surface area contributed by atoms with E-state index in [2.05, 4.69) is 20.8 Å². The van der Waals surface area contributed by atoms with Crippen LogP contribution in [0.3, 0.4) is 0 Å². The van der Waals surface area contributed by atoms with E-state index in [9.17, 15) is 33.6 Å². The molecule has 396 valence electrons. The van der Waals surface area contributed by atoms with Gasteiger partial charge in [0.25, 0.3) is 0 Å². The van der Waals surface area contributed by atoms with Crippen molar-refractivity contribution in [1.29, 1.82) is 0 Å². The van der Waals surface area contributed by atoms with Gasteiger partial charge in [-0.15, -0.1) is 0 Å². The molecule has 0 atom stereocenters. The molecule has 0 aromatic carbocycles. The second-order valence-corrected chi connectivity index (χ2v) is 18.6. The van der Waals surface area contributed by atoms with Crippen molar-refractivity contribution in [3.05, 3.63) is 0 Å². The lowest BCUT2D eigenvalue weighted by molar-refractivity contribution is -0.171. The summed E-state index contributed by atoms with van der Waals surface area (Å²) in [4.78, 5) is 90.8. The zero-order valence-corrected chi connectivity index (χ0v) is 43.4. The second kappa shape index (κ2) is 45.7. The fourth-order valence-corrected chi connectivity index (χ4v) is 7.05. The van der Waals surface area contributed by atoms with Gasteiger partial charge in [0.2, 0.25) is 0 Å². The van der Waals surface area contributed by atoms with Gasteiger partial charge in [-0.1, -0.05) is 117 Å². The van der Waals surface area contributed by atoms with Gasteiger partial charge in [0.05, 0.1) is 19.8 Å². The minimum Gasteiger partial charge on any atom is -0.466 e. The zero-order chi connectivity index (χ0) is 50.4. The molecule has 0 aliphatic heterocycles. The van der Waals surface area contributed by atoms with Gasteiger partial charge < -0.3 is 38.1 Å². The Balaban J connectivity index is 5.51. The summed E-state index contributed by atoms with van der Waals surface area (Å²) in [6, 6.07) is 0. The normalized spacial score (nSPS) is 11.3. The van der Waals surface area contributed by atoms with E-state index < -0.39 is 49.1 Å². The number of carbonyl (C=O) groups excluding carboxylic acids is 7. The minimum atomic E-state index is -1.45. The number of unbranched alkanes of at least 4 members (excludes halogenated alkanes) is 18. The molecule has 0 amide bonds. The fraction of sp³-hybridized carbons (Fsp3) is 0.868. The van der Waals surface area contributed by atoms with Gasteiger partial charge in [-0.3, -0.25) is 33.6 Å². The summed E-state index contributed by atoms with van der Waals surface area (Å²) in [7, 11) is 3.78. The number of hydrogen-bond acceptors (Lipinski definition) is 15. The van der Waals surface area contributed by atoms with E-state index in [0.717, 1.165) is 57.8 Å². The number of nitrogens with zero attached hydrogens (tertiary/aromatic N) is 1. The average molecular weight is 970 g/mol. The van der Waals surface area contributed by atoms with Gasteiger partial charge in [-0.25, -0.2) is 0 Å². The van der Waals surface area contributed by atoms with Gasteiger partial charge >= 0.3 is 41.8 Å². The van der Waals surface area contributed by atoms with E-state index in [1.807, 2.05) is 19.0 Å². The van der Waals surface area contributed by atoms with Crippen LogP contribution in [0.1, 0.15) is 226 Å². The molecule has 15 nitrogen and oxygen atoms in total. The number of ether oxygens (including phenoxy) is 7. The van der Waals surface area contributed by atoms with Crippen molar-refractivity contribution >= 4 is 41.8 Å². The summed E-state index contributed by atoms with van der Waals surface area (Å²) in [6.07, 6.45) is 23.0. The first kappa shape index (κ1) is 64.2. The molecule has 0 spiro atoms. The Morgan fingerprint density at radius 2 is 0.515 bits per heavy atom. The van der Waals surface area contributed by atoms with Gasteiger partial charge in [0.1, 0.15) is 31.8 Å². The summed E-state index contributed by atoms with van der Waals surface area (Å²) < 4.78 is 38.8. The summed E-state index contributed by atoms with van der Waals surface area (Å²) in [6.45, 7) is 6.73. The first-order valence-electron chi connectivity index (χ1n) is 26.6. The predicted octanol–water partition coefficient (Wildman–Crippen LogP) is 10.9.